The third kappa shape index (κ3) is 2.98. The SMILES string of the molecule is CN(Cc1ccccc1)c1ccncc1CCl. The zero-order chi connectivity index (χ0) is 12.1. The smallest absolute Gasteiger partial charge is 0.0509 e. The van der Waals surface area contributed by atoms with E-state index in [0.29, 0.717) is 5.88 Å². The van der Waals surface area contributed by atoms with Gasteiger partial charge in [-0.25, -0.2) is 0 Å². The fraction of sp³-hybridized carbons (Fsp3) is 0.214. The monoisotopic (exact) mass is 246 g/mol. The van der Waals surface area contributed by atoms with Crippen molar-refractivity contribution in [2.24, 2.45) is 0 Å². The molecule has 1 aromatic heterocycles. The van der Waals surface area contributed by atoms with Crippen LogP contribution in [0.3, 0.4) is 0 Å². The Morgan fingerprint density at radius 1 is 1.18 bits per heavy atom. The largest absolute Gasteiger partial charge is 0.370 e. The Balaban J connectivity index is 2.17. The summed E-state index contributed by atoms with van der Waals surface area (Å²) in [6.45, 7) is 0.870. The Morgan fingerprint density at radius 3 is 2.65 bits per heavy atom. The minimum atomic E-state index is 0.488. The topological polar surface area (TPSA) is 16.1 Å². The lowest BCUT2D eigenvalue weighted by molar-refractivity contribution is 0.912. The van der Waals surface area contributed by atoms with Crippen molar-refractivity contribution in [3.63, 3.8) is 0 Å². The minimum Gasteiger partial charge on any atom is -0.370 e. The molecule has 0 aliphatic rings. The molecule has 1 aromatic carbocycles. The molecule has 0 unspecified atom stereocenters. The van der Waals surface area contributed by atoms with E-state index in [9.17, 15) is 0 Å². The highest BCUT2D eigenvalue weighted by atomic mass is 35.5. The summed E-state index contributed by atoms with van der Waals surface area (Å²) in [5.41, 5.74) is 3.48. The van der Waals surface area contributed by atoms with Crippen LogP contribution in [0.4, 0.5) is 5.69 Å². The average molecular weight is 247 g/mol. The molecule has 0 N–H and O–H groups in total. The molecule has 0 fully saturated rings. The molecule has 0 saturated heterocycles. The van der Waals surface area contributed by atoms with E-state index in [1.165, 1.54) is 5.56 Å². The van der Waals surface area contributed by atoms with E-state index in [0.717, 1.165) is 17.8 Å². The van der Waals surface area contributed by atoms with Gasteiger partial charge in [-0.3, -0.25) is 4.98 Å². The van der Waals surface area contributed by atoms with E-state index in [1.807, 2.05) is 18.3 Å². The van der Waals surface area contributed by atoms with Gasteiger partial charge in [-0.1, -0.05) is 30.3 Å². The summed E-state index contributed by atoms with van der Waals surface area (Å²) >= 11 is 5.91. The number of rotatable bonds is 4. The van der Waals surface area contributed by atoms with E-state index in [4.69, 9.17) is 11.6 Å². The number of hydrogen-bond acceptors (Lipinski definition) is 2. The average Bonchev–Trinajstić information content (AvgIpc) is 2.40. The quantitative estimate of drug-likeness (QED) is 0.768. The van der Waals surface area contributed by atoms with Crippen LogP contribution < -0.4 is 4.90 Å². The standard InChI is InChI=1S/C14H15ClN2/c1-17(11-12-5-3-2-4-6-12)14-7-8-16-10-13(14)9-15/h2-8,10H,9,11H2,1H3. The molecule has 0 aliphatic heterocycles. The zero-order valence-corrected chi connectivity index (χ0v) is 10.6. The van der Waals surface area contributed by atoms with Crippen LogP contribution in [0.2, 0.25) is 0 Å². The number of alkyl halides is 1. The van der Waals surface area contributed by atoms with Crippen molar-refractivity contribution in [3.05, 3.63) is 59.9 Å². The van der Waals surface area contributed by atoms with Crippen LogP contribution in [0.25, 0.3) is 0 Å². The Labute approximate surface area is 107 Å². The summed E-state index contributed by atoms with van der Waals surface area (Å²) in [5, 5.41) is 0. The number of halogens is 1. The lowest BCUT2D eigenvalue weighted by Gasteiger charge is -2.21. The molecule has 3 heteroatoms. The number of hydrogen-bond donors (Lipinski definition) is 0. The highest BCUT2D eigenvalue weighted by Crippen LogP contribution is 2.21. The van der Waals surface area contributed by atoms with Crippen LogP contribution in [0.5, 0.6) is 0 Å². The Morgan fingerprint density at radius 2 is 1.94 bits per heavy atom. The van der Waals surface area contributed by atoms with Crippen LogP contribution >= 0.6 is 11.6 Å². The maximum atomic E-state index is 5.91. The van der Waals surface area contributed by atoms with Gasteiger partial charge in [0, 0.05) is 37.2 Å². The summed E-state index contributed by atoms with van der Waals surface area (Å²) in [6.07, 6.45) is 3.62. The van der Waals surface area contributed by atoms with Crippen LogP contribution in [0, 0.1) is 0 Å². The summed E-state index contributed by atoms with van der Waals surface area (Å²) in [5.74, 6) is 0.488. The highest BCUT2D eigenvalue weighted by Gasteiger charge is 2.06. The predicted octanol–water partition coefficient (Wildman–Crippen LogP) is 3.46. The third-order valence-corrected chi connectivity index (χ3v) is 2.98. The molecule has 0 aliphatic carbocycles. The van der Waals surface area contributed by atoms with Crippen LogP contribution in [-0.4, -0.2) is 12.0 Å². The molecule has 0 saturated carbocycles. The van der Waals surface area contributed by atoms with Crippen molar-refractivity contribution in [1.29, 1.82) is 0 Å². The molecule has 0 amide bonds. The van der Waals surface area contributed by atoms with Crippen molar-refractivity contribution in [2.45, 2.75) is 12.4 Å². The zero-order valence-electron chi connectivity index (χ0n) is 9.81. The van der Waals surface area contributed by atoms with Crippen molar-refractivity contribution >= 4 is 17.3 Å². The number of aromatic nitrogens is 1. The van der Waals surface area contributed by atoms with E-state index < -0.39 is 0 Å². The van der Waals surface area contributed by atoms with Crippen LogP contribution in [-0.2, 0) is 12.4 Å². The Kier molecular flexibility index (Phi) is 3.99. The van der Waals surface area contributed by atoms with Gasteiger partial charge in [-0.2, -0.15) is 0 Å². The van der Waals surface area contributed by atoms with Gasteiger partial charge in [0.1, 0.15) is 0 Å². The fourth-order valence-electron chi connectivity index (χ4n) is 1.84. The lowest BCUT2D eigenvalue weighted by Crippen LogP contribution is -2.17. The van der Waals surface area contributed by atoms with Crippen LogP contribution in [0.1, 0.15) is 11.1 Å². The first-order valence-corrected chi connectivity index (χ1v) is 6.08. The second-order valence-electron chi connectivity index (χ2n) is 3.98. The molecule has 0 atom stereocenters. The van der Waals surface area contributed by atoms with E-state index in [1.54, 1.807) is 6.20 Å². The molecule has 2 rings (SSSR count). The first kappa shape index (κ1) is 11.9. The predicted molar refractivity (Wildman–Crippen MR) is 72.3 cm³/mol. The van der Waals surface area contributed by atoms with Crippen molar-refractivity contribution in [3.8, 4) is 0 Å². The van der Waals surface area contributed by atoms with E-state index in [-0.39, 0.29) is 0 Å². The number of pyridine rings is 1. The summed E-state index contributed by atoms with van der Waals surface area (Å²) < 4.78 is 0. The number of anilines is 1. The third-order valence-electron chi connectivity index (χ3n) is 2.70. The molecule has 2 aromatic rings. The van der Waals surface area contributed by atoms with Gasteiger partial charge in [0.15, 0.2) is 0 Å². The summed E-state index contributed by atoms with van der Waals surface area (Å²) in [4.78, 5) is 6.28. The maximum Gasteiger partial charge on any atom is 0.0509 e. The summed E-state index contributed by atoms with van der Waals surface area (Å²) in [6, 6.07) is 12.4. The van der Waals surface area contributed by atoms with E-state index >= 15 is 0 Å². The molecule has 0 radical (unpaired) electrons. The van der Waals surface area contributed by atoms with Gasteiger partial charge in [-0.05, 0) is 11.6 Å². The van der Waals surface area contributed by atoms with Gasteiger partial charge in [-0.15, -0.1) is 11.6 Å². The molecule has 0 bridgehead atoms. The number of benzene rings is 1. The first-order chi connectivity index (χ1) is 8.31. The van der Waals surface area contributed by atoms with Gasteiger partial charge in [0.05, 0.1) is 5.88 Å². The van der Waals surface area contributed by atoms with Gasteiger partial charge < -0.3 is 4.90 Å². The van der Waals surface area contributed by atoms with Crippen molar-refractivity contribution in [2.75, 3.05) is 11.9 Å². The lowest BCUT2D eigenvalue weighted by atomic mass is 10.2. The van der Waals surface area contributed by atoms with Crippen molar-refractivity contribution in [1.82, 2.24) is 4.98 Å². The Bertz CT molecular complexity index is 471. The normalized spacial score (nSPS) is 10.2. The number of nitrogens with zero attached hydrogens (tertiary/aromatic N) is 2. The van der Waals surface area contributed by atoms with Gasteiger partial charge in [0.2, 0.25) is 0 Å². The molecular formula is C14H15ClN2. The molecule has 17 heavy (non-hydrogen) atoms. The van der Waals surface area contributed by atoms with Gasteiger partial charge in [0.25, 0.3) is 0 Å². The minimum absolute atomic E-state index is 0.488. The maximum absolute atomic E-state index is 5.91. The molecule has 0 spiro atoms. The molecule has 2 nitrogen and oxygen atoms in total. The van der Waals surface area contributed by atoms with Crippen LogP contribution in [0.15, 0.2) is 48.8 Å². The van der Waals surface area contributed by atoms with E-state index in [2.05, 4.69) is 41.2 Å². The van der Waals surface area contributed by atoms with Gasteiger partial charge >= 0.3 is 0 Å². The second kappa shape index (κ2) is 5.69. The fourth-order valence-corrected chi connectivity index (χ4v) is 2.04. The Hall–Kier alpha value is -1.54. The second-order valence-corrected chi connectivity index (χ2v) is 4.25. The highest BCUT2D eigenvalue weighted by molar-refractivity contribution is 6.17. The molecule has 88 valence electrons. The van der Waals surface area contributed by atoms with Crippen molar-refractivity contribution < 1.29 is 0 Å². The molecule has 1 heterocycles. The first-order valence-electron chi connectivity index (χ1n) is 5.55. The summed E-state index contributed by atoms with van der Waals surface area (Å²) in [7, 11) is 2.07. The molecular weight excluding hydrogens is 232 g/mol.